The number of aryl methyl sites for hydroxylation is 1. The van der Waals surface area contributed by atoms with Gasteiger partial charge in [0.1, 0.15) is 28.9 Å². The van der Waals surface area contributed by atoms with E-state index >= 15 is 0 Å². The van der Waals surface area contributed by atoms with E-state index in [9.17, 15) is 4.79 Å². The molecule has 2 fully saturated rings. The van der Waals surface area contributed by atoms with Crippen molar-refractivity contribution >= 4 is 22.9 Å². The van der Waals surface area contributed by atoms with Gasteiger partial charge >= 0.3 is 0 Å². The highest BCUT2D eigenvalue weighted by Gasteiger charge is 2.33. The van der Waals surface area contributed by atoms with E-state index in [1.807, 2.05) is 49.8 Å². The normalized spacial score (nSPS) is 19.7. The molecule has 11 heteroatoms. The Labute approximate surface area is 250 Å². The van der Waals surface area contributed by atoms with Crippen molar-refractivity contribution in [2.75, 3.05) is 32.8 Å². The molecule has 1 unspecified atom stereocenters. The molecule has 6 rings (SSSR count). The molecule has 2 bridgehead atoms. The van der Waals surface area contributed by atoms with Gasteiger partial charge in [0.2, 0.25) is 0 Å². The molecule has 11 nitrogen and oxygen atoms in total. The van der Waals surface area contributed by atoms with Crippen molar-refractivity contribution in [1.82, 2.24) is 25.2 Å². The summed E-state index contributed by atoms with van der Waals surface area (Å²) in [6, 6.07) is 12.3. The summed E-state index contributed by atoms with van der Waals surface area (Å²) in [6.45, 7) is 7.24. The largest absolute Gasteiger partial charge is 0.496 e. The first kappa shape index (κ1) is 28.8. The van der Waals surface area contributed by atoms with Gasteiger partial charge in [-0.3, -0.25) is 9.78 Å². The van der Waals surface area contributed by atoms with E-state index in [4.69, 9.17) is 24.0 Å². The van der Waals surface area contributed by atoms with Gasteiger partial charge in [-0.1, -0.05) is 0 Å². The standard InChI is InChI=1S/C32H38N6O5/c1-18(2)34-32(39)31-27(40-4)12-21(13-28(31)41-5)36-30-14-24-9-20(6-7-38(24)37-30)26-8-19(3)33-15-29(26)43-25-10-22-16-42-17-23(11-25)35-22/h6-9,12-15,18,22-23,25,35H,10-11,16-17H2,1-5H3,(H,34,39)(H,36,37)/t22-,23+,25?. The minimum atomic E-state index is -0.262. The van der Waals surface area contributed by atoms with Gasteiger partial charge in [-0.05, 0) is 44.5 Å². The third-order valence-electron chi connectivity index (χ3n) is 7.70. The Hall–Kier alpha value is -4.35. The molecule has 0 spiro atoms. The lowest BCUT2D eigenvalue weighted by Gasteiger charge is -2.40. The molecule has 2 aliphatic rings. The zero-order valence-electron chi connectivity index (χ0n) is 25.1. The van der Waals surface area contributed by atoms with Crippen LogP contribution in [0.1, 0.15) is 42.7 Å². The summed E-state index contributed by atoms with van der Waals surface area (Å²) < 4.78 is 25.2. The van der Waals surface area contributed by atoms with Gasteiger partial charge in [0.05, 0.1) is 39.1 Å². The van der Waals surface area contributed by atoms with Crippen molar-refractivity contribution in [2.45, 2.75) is 57.8 Å². The Bertz CT molecular complexity index is 1600. The van der Waals surface area contributed by atoms with Crippen LogP contribution in [-0.2, 0) is 4.74 Å². The number of ether oxygens (including phenoxy) is 4. The highest BCUT2D eigenvalue weighted by Crippen LogP contribution is 2.36. The number of rotatable bonds is 9. The summed E-state index contributed by atoms with van der Waals surface area (Å²) in [5, 5.41) is 14.5. The average Bonchev–Trinajstić information content (AvgIpc) is 3.38. The molecular weight excluding hydrogens is 548 g/mol. The fourth-order valence-corrected chi connectivity index (χ4v) is 5.84. The number of hydrogen-bond acceptors (Lipinski definition) is 9. The number of hydrogen-bond donors (Lipinski definition) is 3. The summed E-state index contributed by atoms with van der Waals surface area (Å²) >= 11 is 0. The van der Waals surface area contributed by atoms with Gasteiger partial charge in [0.15, 0.2) is 5.82 Å². The summed E-state index contributed by atoms with van der Waals surface area (Å²) in [6.07, 6.45) is 5.68. The summed E-state index contributed by atoms with van der Waals surface area (Å²) in [4.78, 5) is 17.4. The molecule has 1 amide bonds. The monoisotopic (exact) mass is 586 g/mol. The highest BCUT2D eigenvalue weighted by molar-refractivity contribution is 6.00. The van der Waals surface area contributed by atoms with Gasteiger partial charge in [-0.15, -0.1) is 0 Å². The van der Waals surface area contributed by atoms with Crippen molar-refractivity contribution in [3.8, 4) is 28.4 Å². The molecule has 5 heterocycles. The van der Waals surface area contributed by atoms with E-state index in [1.165, 1.54) is 14.2 Å². The third kappa shape index (κ3) is 6.23. The summed E-state index contributed by atoms with van der Waals surface area (Å²) in [7, 11) is 3.06. The lowest BCUT2D eigenvalue weighted by Crippen LogP contribution is -2.56. The topological polar surface area (TPSA) is 120 Å². The Morgan fingerprint density at radius 3 is 2.44 bits per heavy atom. The van der Waals surface area contributed by atoms with Crippen LogP contribution in [0.3, 0.4) is 0 Å². The number of anilines is 2. The van der Waals surface area contributed by atoms with Crippen molar-refractivity contribution in [3.05, 3.63) is 60.0 Å². The molecule has 0 saturated carbocycles. The molecule has 3 aromatic heterocycles. The predicted octanol–water partition coefficient (Wildman–Crippen LogP) is 4.50. The number of nitrogens with one attached hydrogen (secondary N) is 3. The number of benzene rings is 1. The van der Waals surface area contributed by atoms with E-state index in [2.05, 4.69) is 33.1 Å². The Morgan fingerprint density at radius 1 is 1.05 bits per heavy atom. The number of piperidine rings is 1. The summed E-state index contributed by atoms with van der Waals surface area (Å²) in [5.41, 5.74) is 4.85. The molecule has 43 heavy (non-hydrogen) atoms. The van der Waals surface area contributed by atoms with Crippen molar-refractivity contribution < 1.29 is 23.7 Å². The van der Waals surface area contributed by atoms with E-state index in [1.54, 1.807) is 12.1 Å². The maximum atomic E-state index is 12.8. The van der Waals surface area contributed by atoms with E-state index in [-0.39, 0.29) is 18.1 Å². The molecule has 2 saturated heterocycles. The van der Waals surface area contributed by atoms with Gasteiger partial charge in [-0.25, -0.2) is 4.52 Å². The Kier molecular flexibility index (Phi) is 8.09. The lowest BCUT2D eigenvalue weighted by atomic mass is 9.94. The number of nitrogens with zero attached hydrogens (tertiary/aromatic N) is 3. The molecule has 4 aromatic rings. The van der Waals surface area contributed by atoms with E-state index < -0.39 is 0 Å². The average molecular weight is 587 g/mol. The van der Waals surface area contributed by atoms with E-state index in [0.29, 0.717) is 40.7 Å². The number of morpholine rings is 1. The second kappa shape index (κ2) is 12.1. The molecule has 226 valence electrons. The minimum absolute atomic E-state index is 0.0272. The highest BCUT2D eigenvalue weighted by atomic mass is 16.5. The molecule has 3 atom stereocenters. The number of amides is 1. The SMILES string of the molecule is COc1cc(Nc2cc3cc(-c4cc(C)ncc4OC4C[C@H]5COC[C@@H](C4)N5)ccn3n2)cc(OC)c1C(=O)NC(C)C. The van der Waals surface area contributed by atoms with Crippen LogP contribution in [0.5, 0.6) is 17.2 Å². The second-order valence-corrected chi connectivity index (χ2v) is 11.5. The van der Waals surface area contributed by atoms with Crippen molar-refractivity contribution in [1.29, 1.82) is 0 Å². The van der Waals surface area contributed by atoms with Crippen LogP contribution in [0.4, 0.5) is 11.5 Å². The van der Waals surface area contributed by atoms with Crippen LogP contribution in [0, 0.1) is 6.92 Å². The zero-order chi connectivity index (χ0) is 30.1. The van der Waals surface area contributed by atoms with Crippen LogP contribution in [0.2, 0.25) is 0 Å². The van der Waals surface area contributed by atoms with Gasteiger partial charge in [0.25, 0.3) is 5.91 Å². The third-order valence-corrected chi connectivity index (χ3v) is 7.70. The molecule has 0 aliphatic carbocycles. The van der Waals surface area contributed by atoms with Crippen molar-refractivity contribution in [2.24, 2.45) is 0 Å². The molecule has 2 aliphatic heterocycles. The smallest absolute Gasteiger partial charge is 0.259 e. The molecule has 0 radical (unpaired) electrons. The fraction of sp³-hybridized carbons (Fsp3) is 0.406. The number of carbonyl (C=O) groups is 1. The predicted molar refractivity (Wildman–Crippen MR) is 164 cm³/mol. The number of pyridine rings is 2. The molecule has 3 N–H and O–H groups in total. The second-order valence-electron chi connectivity index (χ2n) is 11.5. The first-order valence-electron chi connectivity index (χ1n) is 14.6. The zero-order valence-corrected chi connectivity index (χ0v) is 25.1. The maximum Gasteiger partial charge on any atom is 0.259 e. The van der Waals surface area contributed by atoms with E-state index in [0.717, 1.165) is 54.1 Å². The van der Waals surface area contributed by atoms with Gasteiger partial charge in [0, 0.05) is 72.3 Å². The molecule has 1 aromatic carbocycles. The fourth-order valence-electron chi connectivity index (χ4n) is 5.84. The van der Waals surface area contributed by atoms with Gasteiger partial charge < -0.3 is 34.9 Å². The quantitative estimate of drug-likeness (QED) is 0.260. The first-order chi connectivity index (χ1) is 20.8. The first-order valence-corrected chi connectivity index (χ1v) is 14.6. The Morgan fingerprint density at radius 2 is 1.77 bits per heavy atom. The number of carbonyl (C=O) groups excluding carboxylic acids is 1. The Balaban J connectivity index is 1.26. The maximum absolute atomic E-state index is 12.8. The molecular formula is C32H38N6O5. The van der Waals surface area contributed by atoms with Crippen LogP contribution in [0.15, 0.2) is 48.8 Å². The van der Waals surface area contributed by atoms with Crippen molar-refractivity contribution in [3.63, 3.8) is 0 Å². The number of fused-ring (bicyclic) bond motifs is 3. The lowest BCUT2D eigenvalue weighted by molar-refractivity contribution is -0.0122. The van der Waals surface area contributed by atoms with Crippen LogP contribution >= 0.6 is 0 Å². The minimum Gasteiger partial charge on any atom is -0.496 e. The van der Waals surface area contributed by atoms with Crippen LogP contribution < -0.4 is 30.2 Å². The van der Waals surface area contributed by atoms with Crippen LogP contribution in [0.25, 0.3) is 16.6 Å². The van der Waals surface area contributed by atoms with Crippen LogP contribution in [-0.4, -0.2) is 72.2 Å². The summed E-state index contributed by atoms with van der Waals surface area (Å²) in [5.74, 6) is 1.95. The van der Waals surface area contributed by atoms with Gasteiger partial charge in [-0.2, -0.15) is 5.10 Å². The number of methoxy groups -OCH3 is 2. The number of aromatic nitrogens is 3.